The minimum Gasteiger partial charge on any atom is -0.396 e. The summed E-state index contributed by atoms with van der Waals surface area (Å²) in [5.74, 6) is 0. The van der Waals surface area contributed by atoms with Gasteiger partial charge >= 0.3 is 6.03 Å². The number of hydrogen-bond acceptors (Lipinski definition) is 4. The van der Waals surface area contributed by atoms with Gasteiger partial charge in [-0.25, -0.2) is 9.78 Å². The number of thiazole rings is 1. The van der Waals surface area contributed by atoms with Crippen molar-refractivity contribution in [3.05, 3.63) is 47.0 Å². The van der Waals surface area contributed by atoms with Gasteiger partial charge in [0.1, 0.15) is 0 Å². The summed E-state index contributed by atoms with van der Waals surface area (Å²) in [4.78, 5) is 16.3. The number of rotatable bonds is 6. The summed E-state index contributed by atoms with van der Waals surface area (Å²) in [5, 5.41) is 17.3. The summed E-state index contributed by atoms with van der Waals surface area (Å²) in [6, 6.07) is 9.07. The van der Waals surface area contributed by atoms with Crippen LogP contribution < -0.4 is 10.6 Å². The van der Waals surface area contributed by atoms with Gasteiger partial charge in [0.05, 0.1) is 11.7 Å². The van der Waals surface area contributed by atoms with E-state index in [-0.39, 0.29) is 18.7 Å². The third kappa shape index (κ3) is 4.54. The van der Waals surface area contributed by atoms with E-state index >= 15 is 0 Å². The van der Waals surface area contributed by atoms with Crippen LogP contribution in [-0.4, -0.2) is 22.7 Å². The van der Waals surface area contributed by atoms with Gasteiger partial charge in [-0.2, -0.15) is 0 Å². The number of hydrogen-bond donors (Lipinski definition) is 3. The number of carbonyl (C=O) groups excluding carboxylic acids is 1. The Morgan fingerprint density at radius 2 is 2.14 bits per heavy atom. The molecule has 0 radical (unpaired) electrons. The number of aromatic nitrogens is 1. The lowest BCUT2D eigenvalue weighted by molar-refractivity contribution is 0.239. The van der Waals surface area contributed by atoms with Crippen LogP contribution in [0.4, 0.5) is 9.93 Å². The molecule has 0 aliphatic heterocycles. The number of anilines is 1. The number of aliphatic hydroxyl groups is 1. The Hall–Kier alpha value is -1.92. The van der Waals surface area contributed by atoms with E-state index < -0.39 is 0 Å². The van der Waals surface area contributed by atoms with E-state index in [0.717, 1.165) is 17.7 Å². The van der Waals surface area contributed by atoms with E-state index in [2.05, 4.69) is 15.6 Å². The molecule has 112 valence electrons. The van der Waals surface area contributed by atoms with Crippen molar-refractivity contribution in [2.24, 2.45) is 0 Å². The van der Waals surface area contributed by atoms with E-state index in [1.54, 1.807) is 0 Å². The second kappa shape index (κ2) is 7.75. The van der Waals surface area contributed by atoms with Crippen molar-refractivity contribution in [2.45, 2.75) is 25.8 Å². The minimum atomic E-state index is -0.311. The molecule has 0 fully saturated rings. The Labute approximate surface area is 128 Å². The summed E-state index contributed by atoms with van der Waals surface area (Å²) in [6.07, 6.45) is 1.31. The molecule has 0 saturated carbocycles. The maximum absolute atomic E-state index is 12.0. The predicted molar refractivity (Wildman–Crippen MR) is 84.5 cm³/mol. The van der Waals surface area contributed by atoms with Crippen LogP contribution in [0.1, 0.15) is 30.6 Å². The molecule has 2 amide bonds. The summed E-state index contributed by atoms with van der Waals surface area (Å²) in [6.45, 7) is 2.03. The first-order chi connectivity index (χ1) is 10.2. The maximum Gasteiger partial charge on any atom is 0.321 e. The number of aryl methyl sites for hydroxylation is 1. The second-order valence-corrected chi connectivity index (χ2v) is 5.43. The number of amides is 2. The molecule has 0 aliphatic rings. The fourth-order valence-electron chi connectivity index (χ4n) is 1.95. The molecule has 1 heterocycles. The number of nitrogens with zero attached hydrogens (tertiary/aromatic N) is 1. The molecular formula is C15H19N3O2S. The van der Waals surface area contributed by atoms with Crippen LogP contribution in [-0.2, 0) is 6.42 Å². The van der Waals surface area contributed by atoms with E-state index in [4.69, 9.17) is 5.11 Å². The van der Waals surface area contributed by atoms with E-state index in [1.165, 1.54) is 11.3 Å². The fraction of sp³-hybridized carbons (Fsp3) is 0.333. The highest BCUT2D eigenvalue weighted by Crippen LogP contribution is 2.18. The lowest BCUT2D eigenvalue weighted by Gasteiger charge is -2.18. The maximum atomic E-state index is 12.0. The van der Waals surface area contributed by atoms with Gasteiger partial charge in [-0.15, -0.1) is 11.3 Å². The summed E-state index contributed by atoms with van der Waals surface area (Å²) in [5.41, 5.74) is 1.93. The Morgan fingerprint density at radius 3 is 2.76 bits per heavy atom. The van der Waals surface area contributed by atoms with Gasteiger partial charge in [0, 0.05) is 12.0 Å². The Kier molecular flexibility index (Phi) is 5.71. The first-order valence-electron chi connectivity index (χ1n) is 6.90. The van der Waals surface area contributed by atoms with Crippen molar-refractivity contribution in [3.63, 3.8) is 0 Å². The number of benzene rings is 1. The molecule has 5 nitrogen and oxygen atoms in total. The lowest BCUT2D eigenvalue weighted by Crippen LogP contribution is -2.33. The van der Waals surface area contributed by atoms with Crippen LogP contribution in [0.15, 0.2) is 35.7 Å². The minimum absolute atomic E-state index is 0.0110. The Morgan fingerprint density at radius 1 is 1.38 bits per heavy atom. The van der Waals surface area contributed by atoms with Crippen molar-refractivity contribution < 1.29 is 9.90 Å². The van der Waals surface area contributed by atoms with Crippen LogP contribution in [0.3, 0.4) is 0 Å². The number of aliphatic hydroxyl groups excluding tert-OH is 1. The van der Waals surface area contributed by atoms with Gasteiger partial charge in [-0.05, 0) is 18.4 Å². The standard InChI is InChI=1S/C15H19N3O2S/c1-2-12-10-21-15(16-12)18-14(20)17-13(8-9-19)11-6-4-3-5-7-11/h3-7,10,13,19H,2,8-9H2,1H3,(H2,16,17,18,20)/t13-/m1/s1. The van der Waals surface area contributed by atoms with Crippen LogP contribution in [0.2, 0.25) is 0 Å². The van der Waals surface area contributed by atoms with Crippen molar-refractivity contribution >= 4 is 22.5 Å². The van der Waals surface area contributed by atoms with Crippen molar-refractivity contribution in [3.8, 4) is 0 Å². The molecule has 2 rings (SSSR count). The first-order valence-corrected chi connectivity index (χ1v) is 7.78. The van der Waals surface area contributed by atoms with Crippen molar-refractivity contribution in [1.29, 1.82) is 0 Å². The molecule has 0 unspecified atom stereocenters. The van der Waals surface area contributed by atoms with Gasteiger partial charge in [-0.3, -0.25) is 5.32 Å². The van der Waals surface area contributed by atoms with Crippen molar-refractivity contribution in [2.75, 3.05) is 11.9 Å². The van der Waals surface area contributed by atoms with Crippen LogP contribution in [0, 0.1) is 0 Å². The summed E-state index contributed by atoms with van der Waals surface area (Å²) < 4.78 is 0. The third-order valence-corrected chi connectivity index (χ3v) is 3.87. The van der Waals surface area contributed by atoms with Gasteiger partial charge in [0.25, 0.3) is 0 Å². The highest BCUT2D eigenvalue weighted by Gasteiger charge is 2.14. The topological polar surface area (TPSA) is 74.2 Å². The fourth-order valence-corrected chi connectivity index (χ4v) is 2.74. The van der Waals surface area contributed by atoms with Gasteiger partial charge in [-0.1, -0.05) is 37.3 Å². The molecule has 6 heteroatoms. The van der Waals surface area contributed by atoms with E-state index in [9.17, 15) is 4.79 Å². The van der Waals surface area contributed by atoms with Crippen molar-refractivity contribution in [1.82, 2.24) is 10.3 Å². The molecule has 0 spiro atoms. The molecule has 0 aliphatic carbocycles. The molecule has 1 aromatic heterocycles. The van der Waals surface area contributed by atoms with Gasteiger partial charge < -0.3 is 10.4 Å². The molecule has 1 atom stereocenters. The number of nitrogens with one attached hydrogen (secondary N) is 2. The first kappa shape index (κ1) is 15.5. The molecule has 21 heavy (non-hydrogen) atoms. The largest absolute Gasteiger partial charge is 0.396 e. The number of carbonyl (C=O) groups is 1. The van der Waals surface area contributed by atoms with Gasteiger partial charge in [0.15, 0.2) is 5.13 Å². The average Bonchev–Trinajstić information content (AvgIpc) is 2.95. The highest BCUT2D eigenvalue weighted by atomic mass is 32.1. The lowest BCUT2D eigenvalue weighted by atomic mass is 10.0. The van der Waals surface area contributed by atoms with Crippen LogP contribution in [0.25, 0.3) is 0 Å². The average molecular weight is 305 g/mol. The zero-order valence-electron chi connectivity index (χ0n) is 11.9. The van der Waals surface area contributed by atoms with Crippen LogP contribution >= 0.6 is 11.3 Å². The Bertz CT molecular complexity index is 571. The molecular weight excluding hydrogens is 286 g/mol. The highest BCUT2D eigenvalue weighted by molar-refractivity contribution is 7.13. The quantitative estimate of drug-likeness (QED) is 0.768. The summed E-state index contributed by atoms with van der Waals surface area (Å²) in [7, 11) is 0. The molecule has 0 saturated heterocycles. The normalized spacial score (nSPS) is 11.9. The van der Waals surface area contributed by atoms with E-state index in [1.807, 2.05) is 42.6 Å². The molecule has 2 aromatic rings. The van der Waals surface area contributed by atoms with Gasteiger partial charge in [0.2, 0.25) is 0 Å². The zero-order valence-corrected chi connectivity index (χ0v) is 12.7. The SMILES string of the molecule is CCc1csc(NC(=O)N[C@H](CCO)c2ccccc2)n1. The monoisotopic (exact) mass is 305 g/mol. The number of urea groups is 1. The Balaban J connectivity index is 1.98. The second-order valence-electron chi connectivity index (χ2n) is 4.57. The molecule has 3 N–H and O–H groups in total. The smallest absolute Gasteiger partial charge is 0.321 e. The predicted octanol–water partition coefficient (Wildman–Crippen LogP) is 2.95. The summed E-state index contributed by atoms with van der Waals surface area (Å²) >= 11 is 1.41. The van der Waals surface area contributed by atoms with E-state index in [0.29, 0.717) is 11.6 Å². The third-order valence-electron chi connectivity index (χ3n) is 3.06. The van der Waals surface area contributed by atoms with Crippen LogP contribution in [0.5, 0.6) is 0 Å². The molecule has 0 bridgehead atoms. The zero-order chi connectivity index (χ0) is 15.1. The molecule has 1 aromatic carbocycles.